The van der Waals surface area contributed by atoms with E-state index in [-0.39, 0.29) is 12.6 Å². The lowest BCUT2D eigenvalue weighted by Gasteiger charge is -2.30. The number of rotatable bonds is 5. The number of amides is 2. The molecule has 2 heterocycles. The molecule has 1 fully saturated rings. The van der Waals surface area contributed by atoms with Crippen molar-refractivity contribution in [2.75, 3.05) is 18.4 Å². The van der Waals surface area contributed by atoms with Crippen LogP contribution in [-0.2, 0) is 11.2 Å². The van der Waals surface area contributed by atoms with E-state index in [2.05, 4.69) is 22.4 Å². The van der Waals surface area contributed by atoms with E-state index in [0.717, 1.165) is 24.3 Å². The molecular formula is C13H20N4O3S. The highest BCUT2D eigenvalue weighted by Gasteiger charge is 2.28. The Hall–Kier alpha value is -1.70. The number of aryl methyl sites for hydroxylation is 1. The number of carbonyl (C=O) groups excluding carboxylic acids is 1. The Labute approximate surface area is 127 Å². The highest BCUT2D eigenvalue weighted by molar-refractivity contribution is 7.15. The SMILES string of the molecule is CCCCc1nnc(NC(=O)N2CCCC(C(=O)O)C2)s1. The van der Waals surface area contributed by atoms with E-state index >= 15 is 0 Å². The Bertz CT molecular complexity index is 505. The molecule has 8 heteroatoms. The molecule has 1 aromatic rings. The molecule has 1 saturated heterocycles. The van der Waals surface area contributed by atoms with Gasteiger partial charge in [-0.3, -0.25) is 10.1 Å². The molecule has 1 aliphatic rings. The molecule has 0 aliphatic carbocycles. The van der Waals surface area contributed by atoms with Crippen molar-refractivity contribution >= 4 is 28.5 Å². The van der Waals surface area contributed by atoms with Gasteiger partial charge in [0.25, 0.3) is 0 Å². The maximum atomic E-state index is 12.1. The van der Waals surface area contributed by atoms with Crippen LogP contribution in [0.25, 0.3) is 0 Å². The van der Waals surface area contributed by atoms with E-state index < -0.39 is 11.9 Å². The maximum absolute atomic E-state index is 12.1. The Balaban J connectivity index is 1.88. The number of carboxylic acid groups (broad SMARTS) is 1. The zero-order valence-corrected chi connectivity index (χ0v) is 12.9. The molecule has 2 rings (SSSR count). The minimum atomic E-state index is -0.842. The molecule has 0 spiro atoms. The fraction of sp³-hybridized carbons (Fsp3) is 0.692. The van der Waals surface area contributed by atoms with Crippen LogP contribution in [0.15, 0.2) is 0 Å². The summed E-state index contributed by atoms with van der Waals surface area (Å²) in [5.74, 6) is -1.32. The summed E-state index contributed by atoms with van der Waals surface area (Å²) < 4.78 is 0. The first kappa shape index (κ1) is 15.7. The van der Waals surface area contributed by atoms with Crippen molar-refractivity contribution in [2.45, 2.75) is 39.0 Å². The van der Waals surface area contributed by atoms with Crippen LogP contribution >= 0.6 is 11.3 Å². The average molecular weight is 312 g/mol. The van der Waals surface area contributed by atoms with Gasteiger partial charge in [0.1, 0.15) is 5.01 Å². The Morgan fingerprint density at radius 1 is 1.48 bits per heavy atom. The molecule has 2 N–H and O–H groups in total. The summed E-state index contributed by atoms with van der Waals surface area (Å²) in [6, 6.07) is -0.292. The maximum Gasteiger partial charge on any atom is 0.323 e. The number of carboxylic acids is 1. The number of aliphatic carboxylic acids is 1. The second-order valence-corrected chi connectivity index (χ2v) is 6.22. The lowest BCUT2D eigenvalue weighted by Crippen LogP contribution is -2.44. The van der Waals surface area contributed by atoms with Crippen LogP contribution in [0.1, 0.15) is 37.6 Å². The Morgan fingerprint density at radius 3 is 3.00 bits per heavy atom. The largest absolute Gasteiger partial charge is 0.481 e. The molecule has 0 radical (unpaired) electrons. The molecule has 7 nitrogen and oxygen atoms in total. The third kappa shape index (κ3) is 4.38. The zero-order chi connectivity index (χ0) is 15.2. The predicted octanol–water partition coefficient (Wildman–Crippen LogP) is 2.21. The van der Waals surface area contributed by atoms with Gasteiger partial charge < -0.3 is 10.0 Å². The smallest absolute Gasteiger partial charge is 0.323 e. The van der Waals surface area contributed by atoms with Crippen LogP contribution in [0.4, 0.5) is 9.93 Å². The van der Waals surface area contributed by atoms with E-state index in [4.69, 9.17) is 5.11 Å². The Kier molecular flexibility index (Phi) is 5.49. The van der Waals surface area contributed by atoms with Crippen molar-refractivity contribution in [1.29, 1.82) is 0 Å². The summed E-state index contributed by atoms with van der Waals surface area (Å²) in [4.78, 5) is 24.7. The molecule has 1 aliphatic heterocycles. The highest BCUT2D eigenvalue weighted by Crippen LogP contribution is 2.20. The standard InChI is InChI=1S/C13H20N4O3S/c1-2-3-6-10-15-16-12(21-10)14-13(20)17-7-4-5-9(8-17)11(18)19/h9H,2-8H2,1H3,(H,18,19)(H,14,16,20). The summed E-state index contributed by atoms with van der Waals surface area (Å²) in [5, 5.41) is 21.1. The number of nitrogens with zero attached hydrogens (tertiary/aromatic N) is 3. The van der Waals surface area contributed by atoms with Gasteiger partial charge in [-0.1, -0.05) is 24.7 Å². The van der Waals surface area contributed by atoms with Crippen molar-refractivity contribution in [3.8, 4) is 0 Å². The number of aromatic nitrogens is 2. The van der Waals surface area contributed by atoms with E-state index in [1.807, 2.05) is 0 Å². The first-order valence-electron chi connectivity index (χ1n) is 7.21. The predicted molar refractivity (Wildman–Crippen MR) is 79.5 cm³/mol. The number of urea groups is 1. The molecule has 1 unspecified atom stereocenters. The third-order valence-electron chi connectivity index (χ3n) is 3.48. The lowest BCUT2D eigenvalue weighted by molar-refractivity contribution is -0.143. The summed E-state index contributed by atoms with van der Waals surface area (Å²) in [6.45, 7) is 2.94. The number of likely N-dealkylation sites (tertiary alicyclic amines) is 1. The van der Waals surface area contributed by atoms with Gasteiger partial charge in [0.2, 0.25) is 5.13 Å². The molecule has 2 amide bonds. The summed E-state index contributed by atoms with van der Waals surface area (Å²) in [7, 11) is 0. The van der Waals surface area contributed by atoms with Crippen LogP contribution in [0.3, 0.4) is 0 Å². The third-order valence-corrected chi connectivity index (χ3v) is 4.38. The molecular weight excluding hydrogens is 292 g/mol. The summed E-state index contributed by atoms with van der Waals surface area (Å²) >= 11 is 1.38. The van der Waals surface area contributed by atoms with Gasteiger partial charge in [0.05, 0.1) is 5.92 Å². The van der Waals surface area contributed by atoms with Crippen molar-refractivity contribution in [2.24, 2.45) is 5.92 Å². The first-order chi connectivity index (χ1) is 10.1. The number of hydrogen-bond acceptors (Lipinski definition) is 5. The topological polar surface area (TPSA) is 95.4 Å². The van der Waals surface area contributed by atoms with Gasteiger partial charge in [0, 0.05) is 19.5 Å². The van der Waals surface area contributed by atoms with Gasteiger partial charge >= 0.3 is 12.0 Å². The number of piperidine rings is 1. The minimum Gasteiger partial charge on any atom is -0.481 e. The van der Waals surface area contributed by atoms with Crippen molar-refractivity contribution in [1.82, 2.24) is 15.1 Å². The van der Waals surface area contributed by atoms with Crippen LogP contribution in [0, 0.1) is 5.92 Å². The normalized spacial score (nSPS) is 18.5. The number of hydrogen-bond donors (Lipinski definition) is 2. The number of anilines is 1. The van der Waals surface area contributed by atoms with Gasteiger partial charge in [-0.2, -0.15) is 0 Å². The monoisotopic (exact) mass is 312 g/mol. The summed E-state index contributed by atoms with van der Waals surface area (Å²) in [5.41, 5.74) is 0. The molecule has 21 heavy (non-hydrogen) atoms. The number of nitrogens with one attached hydrogen (secondary N) is 1. The fourth-order valence-corrected chi connectivity index (χ4v) is 3.04. The van der Waals surface area contributed by atoms with Crippen LogP contribution < -0.4 is 5.32 Å². The molecule has 0 bridgehead atoms. The molecule has 0 aromatic carbocycles. The minimum absolute atomic E-state index is 0.253. The van der Waals surface area contributed by atoms with E-state index in [0.29, 0.717) is 24.5 Å². The average Bonchev–Trinajstić information content (AvgIpc) is 2.92. The van der Waals surface area contributed by atoms with Crippen LogP contribution in [0.2, 0.25) is 0 Å². The second-order valence-electron chi connectivity index (χ2n) is 5.16. The van der Waals surface area contributed by atoms with Gasteiger partial charge in [-0.25, -0.2) is 4.79 Å². The second kappa shape index (κ2) is 7.35. The van der Waals surface area contributed by atoms with Crippen molar-refractivity contribution in [3.63, 3.8) is 0 Å². The fourth-order valence-electron chi connectivity index (χ4n) is 2.27. The van der Waals surface area contributed by atoms with E-state index in [1.54, 1.807) is 0 Å². The molecule has 0 saturated carbocycles. The molecule has 1 atom stereocenters. The van der Waals surface area contributed by atoms with Gasteiger partial charge in [-0.05, 0) is 19.3 Å². The quantitative estimate of drug-likeness (QED) is 0.869. The Morgan fingerprint density at radius 2 is 2.29 bits per heavy atom. The van der Waals surface area contributed by atoms with Crippen LogP contribution in [0.5, 0.6) is 0 Å². The van der Waals surface area contributed by atoms with Crippen LogP contribution in [-0.4, -0.2) is 45.3 Å². The van der Waals surface area contributed by atoms with Crippen molar-refractivity contribution in [3.05, 3.63) is 5.01 Å². The van der Waals surface area contributed by atoms with Crippen molar-refractivity contribution < 1.29 is 14.7 Å². The van der Waals surface area contributed by atoms with E-state index in [9.17, 15) is 9.59 Å². The number of carbonyl (C=O) groups is 2. The van der Waals surface area contributed by atoms with Gasteiger partial charge in [0.15, 0.2) is 0 Å². The van der Waals surface area contributed by atoms with E-state index in [1.165, 1.54) is 16.2 Å². The number of unbranched alkanes of at least 4 members (excludes halogenated alkanes) is 1. The lowest BCUT2D eigenvalue weighted by atomic mass is 9.99. The molecule has 1 aromatic heterocycles. The first-order valence-corrected chi connectivity index (χ1v) is 8.03. The van der Waals surface area contributed by atoms with Gasteiger partial charge in [-0.15, -0.1) is 10.2 Å². The highest BCUT2D eigenvalue weighted by atomic mass is 32.1. The zero-order valence-electron chi connectivity index (χ0n) is 12.0. The summed E-state index contributed by atoms with van der Waals surface area (Å²) in [6.07, 6.45) is 4.34. The molecule has 116 valence electrons.